The van der Waals surface area contributed by atoms with E-state index in [0.29, 0.717) is 0 Å². The van der Waals surface area contributed by atoms with Crippen molar-refractivity contribution in [1.29, 1.82) is 0 Å². The van der Waals surface area contributed by atoms with Gasteiger partial charge >= 0.3 is 0 Å². The second-order valence-electron chi connectivity index (χ2n) is 4.87. The molecule has 0 saturated heterocycles. The van der Waals surface area contributed by atoms with Crippen LogP contribution in [0.2, 0.25) is 5.02 Å². The van der Waals surface area contributed by atoms with Crippen molar-refractivity contribution in [3.63, 3.8) is 0 Å². The fourth-order valence-corrected chi connectivity index (χ4v) is 2.53. The van der Waals surface area contributed by atoms with E-state index >= 15 is 0 Å². The van der Waals surface area contributed by atoms with Crippen LogP contribution in [0.5, 0.6) is 0 Å². The minimum atomic E-state index is 0.117. The van der Waals surface area contributed by atoms with Crippen molar-refractivity contribution in [2.24, 2.45) is 5.73 Å². The molecule has 2 unspecified atom stereocenters. The first-order valence-electron chi connectivity index (χ1n) is 6.82. The highest BCUT2D eigenvalue weighted by molar-refractivity contribution is 6.31. The third kappa shape index (κ3) is 3.98. The van der Waals surface area contributed by atoms with E-state index in [-0.39, 0.29) is 12.1 Å². The molecule has 0 aliphatic heterocycles. The van der Waals surface area contributed by atoms with Gasteiger partial charge in [-0.2, -0.15) is 0 Å². The SMILES string of the molecule is CCCCN(C)C(c1ccccc1Cl)C(N)CC. The molecule has 0 spiro atoms. The Balaban J connectivity index is 2.94. The molecule has 2 nitrogen and oxygen atoms in total. The second-order valence-corrected chi connectivity index (χ2v) is 5.28. The molecule has 2 atom stereocenters. The molecule has 0 heterocycles. The molecule has 0 amide bonds. The molecule has 102 valence electrons. The lowest BCUT2D eigenvalue weighted by atomic mass is 9.96. The highest BCUT2D eigenvalue weighted by Crippen LogP contribution is 2.29. The van der Waals surface area contributed by atoms with Crippen molar-refractivity contribution in [1.82, 2.24) is 4.90 Å². The predicted molar refractivity (Wildman–Crippen MR) is 80.0 cm³/mol. The first kappa shape index (κ1) is 15.5. The molecule has 2 N–H and O–H groups in total. The molecule has 18 heavy (non-hydrogen) atoms. The Morgan fingerprint density at radius 2 is 1.94 bits per heavy atom. The maximum Gasteiger partial charge on any atom is 0.0511 e. The van der Waals surface area contributed by atoms with Crippen LogP contribution in [0.3, 0.4) is 0 Å². The van der Waals surface area contributed by atoms with Gasteiger partial charge in [0.1, 0.15) is 0 Å². The lowest BCUT2D eigenvalue weighted by molar-refractivity contribution is 0.207. The molecule has 0 aliphatic rings. The van der Waals surface area contributed by atoms with Gasteiger partial charge < -0.3 is 5.73 Å². The summed E-state index contributed by atoms with van der Waals surface area (Å²) >= 11 is 6.32. The lowest BCUT2D eigenvalue weighted by Crippen LogP contribution is -2.39. The highest BCUT2D eigenvalue weighted by atomic mass is 35.5. The summed E-state index contributed by atoms with van der Waals surface area (Å²) in [4.78, 5) is 2.33. The van der Waals surface area contributed by atoms with E-state index in [2.05, 4.69) is 31.9 Å². The van der Waals surface area contributed by atoms with Crippen molar-refractivity contribution >= 4 is 11.6 Å². The van der Waals surface area contributed by atoms with E-state index in [4.69, 9.17) is 17.3 Å². The maximum absolute atomic E-state index is 6.32. The largest absolute Gasteiger partial charge is 0.326 e. The number of halogens is 1. The first-order valence-corrected chi connectivity index (χ1v) is 7.19. The molecule has 0 bridgehead atoms. The molecule has 1 aromatic carbocycles. The number of likely N-dealkylation sites (N-methyl/N-ethyl adjacent to an activating group) is 1. The van der Waals surface area contributed by atoms with Gasteiger partial charge in [0.15, 0.2) is 0 Å². The molecule has 0 saturated carbocycles. The first-order chi connectivity index (χ1) is 8.61. The van der Waals surface area contributed by atoms with Crippen LogP contribution in [0.4, 0.5) is 0 Å². The van der Waals surface area contributed by atoms with Crippen LogP contribution in [0.1, 0.15) is 44.7 Å². The standard InChI is InChI=1S/C15H25ClN2/c1-4-6-11-18(3)15(14(17)5-2)12-9-7-8-10-13(12)16/h7-10,14-15H,4-6,11,17H2,1-3H3. The summed E-state index contributed by atoms with van der Waals surface area (Å²) in [6.07, 6.45) is 3.33. The molecular formula is C15H25ClN2. The van der Waals surface area contributed by atoms with Crippen LogP contribution >= 0.6 is 11.6 Å². The van der Waals surface area contributed by atoms with Gasteiger partial charge in [-0.15, -0.1) is 0 Å². The van der Waals surface area contributed by atoms with Crippen LogP contribution in [0, 0.1) is 0 Å². The minimum absolute atomic E-state index is 0.117. The predicted octanol–water partition coefficient (Wildman–Crippen LogP) is 3.85. The van der Waals surface area contributed by atoms with Crippen LogP contribution in [-0.4, -0.2) is 24.5 Å². The Morgan fingerprint density at radius 3 is 2.50 bits per heavy atom. The zero-order valence-corrected chi connectivity index (χ0v) is 12.5. The molecule has 0 aliphatic carbocycles. The zero-order chi connectivity index (χ0) is 13.5. The summed E-state index contributed by atoms with van der Waals surface area (Å²) in [7, 11) is 2.14. The normalized spacial score (nSPS) is 14.8. The molecule has 0 aromatic heterocycles. The number of unbranched alkanes of at least 4 members (excludes halogenated alkanes) is 1. The van der Waals surface area contributed by atoms with Gasteiger partial charge in [0.2, 0.25) is 0 Å². The Bertz CT molecular complexity index is 354. The van der Waals surface area contributed by atoms with Gasteiger partial charge in [-0.25, -0.2) is 0 Å². The molecule has 0 radical (unpaired) electrons. The average Bonchev–Trinajstić information content (AvgIpc) is 2.38. The van der Waals surface area contributed by atoms with E-state index in [1.165, 1.54) is 12.8 Å². The number of hydrogen-bond acceptors (Lipinski definition) is 2. The minimum Gasteiger partial charge on any atom is -0.326 e. The molecular weight excluding hydrogens is 244 g/mol. The number of hydrogen-bond donors (Lipinski definition) is 1. The van der Waals surface area contributed by atoms with Gasteiger partial charge in [-0.1, -0.05) is 50.1 Å². The van der Waals surface area contributed by atoms with Gasteiger partial charge in [0, 0.05) is 11.1 Å². The summed E-state index contributed by atoms with van der Waals surface area (Å²) in [5, 5.41) is 0.815. The fraction of sp³-hybridized carbons (Fsp3) is 0.600. The van der Waals surface area contributed by atoms with E-state index in [9.17, 15) is 0 Å². The van der Waals surface area contributed by atoms with Crippen molar-refractivity contribution in [2.45, 2.75) is 45.2 Å². The van der Waals surface area contributed by atoms with Gasteiger partial charge in [-0.3, -0.25) is 4.90 Å². The van der Waals surface area contributed by atoms with Crippen LogP contribution in [0.15, 0.2) is 24.3 Å². The van der Waals surface area contributed by atoms with Gasteiger partial charge in [0.25, 0.3) is 0 Å². The third-order valence-corrected chi connectivity index (χ3v) is 3.78. The second kappa shape index (κ2) is 7.78. The molecule has 1 rings (SSSR count). The van der Waals surface area contributed by atoms with Crippen molar-refractivity contribution in [3.8, 4) is 0 Å². The average molecular weight is 269 g/mol. The quantitative estimate of drug-likeness (QED) is 0.814. The smallest absolute Gasteiger partial charge is 0.0511 e. The summed E-state index contributed by atoms with van der Waals surface area (Å²) in [5.41, 5.74) is 7.44. The Hall–Kier alpha value is -0.570. The topological polar surface area (TPSA) is 29.3 Å². The Kier molecular flexibility index (Phi) is 6.69. The fourth-order valence-electron chi connectivity index (χ4n) is 2.28. The lowest BCUT2D eigenvalue weighted by Gasteiger charge is -2.33. The Labute approximate surface area is 116 Å². The van der Waals surface area contributed by atoms with Gasteiger partial charge in [-0.05, 0) is 38.1 Å². The summed E-state index contributed by atoms with van der Waals surface area (Å²) in [5.74, 6) is 0. The van der Waals surface area contributed by atoms with Crippen LogP contribution < -0.4 is 5.73 Å². The number of nitrogens with two attached hydrogens (primary N) is 1. The highest BCUT2D eigenvalue weighted by Gasteiger charge is 2.24. The summed E-state index contributed by atoms with van der Waals surface area (Å²) < 4.78 is 0. The summed E-state index contributed by atoms with van der Waals surface area (Å²) in [6.45, 7) is 5.39. The number of rotatable bonds is 7. The van der Waals surface area contributed by atoms with Gasteiger partial charge in [0.05, 0.1) is 6.04 Å². The molecule has 1 aromatic rings. The third-order valence-electron chi connectivity index (χ3n) is 3.44. The summed E-state index contributed by atoms with van der Waals surface area (Å²) in [6, 6.07) is 8.35. The van der Waals surface area contributed by atoms with Crippen molar-refractivity contribution < 1.29 is 0 Å². The Morgan fingerprint density at radius 1 is 1.28 bits per heavy atom. The number of benzene rings is 1. The van der Waals surface area contributed by atoms with Crippen molar-refractivity contribution in [3.05, 3.63) is 34.9 Å². The zero-order valence-electron chi connectivity index (χ0n) is 11.7. The van der Waals surface area contributed by atoms with E-state index < -0.39 is 0 Å². The van der Waals surface area contributed by atoms with E-state index in [0.717, 1.165) is 23.6 Å². The monoisotopic (exact) mass is 268 g/mol. The van der Waals surface area contributed by atoms with Crippen LogP contribution in [0.25, 0.3) is 0 Å². The number of nitrogens with zero attached hydrogens (tertiary/aromatic N) is 1. The molecule has 3 heteroatoms. The molecule has 0 fully saturated rings. The van der Waals surface area contributed by atoms with E-state index in [1.54, 1.807) is 0 Å². The van der Waals surface area contributed by atoms with Crippen molar-refractivity contribution in [2.75, 3.05) is 13.6 Å². The van der Waals surface area contributed by atoms with E-state index in [1.807, 2.05) is 18.2 Å². The maximum atomic E-state index is 6.32. The van der Waals surface area contributed by atoms with Crippen LogP contribution in [-0.2, 0) is 0 Å².